The van der Waals surface area contributed by atoms with Gasteiger partial charge < -0.3 is 4.98 Å². The van der Waals surface area contributed by atoms with E-state index < -0.39 is 0 Å². The van der Waals surface area contributed by atoms with E-state index in [4.69, 9.17) is 0 Å². The van der Waals surface area contributed by atoms with Gasteiger partial charge in [-0.3, -0.25) is 9.69 Å². The number of benzene rings is 1. The van der Waals surface area contributed by atoms with Crippen molar-refractivity contribution >= 4 is 0 Å². The van der Waals surface area contributed by atoms with Crippen molar-refractivity contribution in [2.75, 3.05) is 13.1 Å². The molecule has 0 saturated carbocycles. The fourth-order valence-corrected chi connectivity index (χ4v) is 3.78. The predicted molar refractivity (Wildman–Crippen MR) is 99.3 cm³/mol. The first-order chi connectivity index (χ1) is 12.0. The second-order valence-corrected chi connectivity index (χ2v) is 7.28. The lowest BCUT2D eigenvalue weighted by Crippen LogP contribution is -2.36. The van der Waals surface area contributed by atoms with Crippen LogP contribution in [-0.4, -0.2) is 23.0 Å². The molecule has 1 saturated heterocycles. The van der Waals surface area contributed by atoms with Crippen LogP contribution in [-0.2, 0) is 13.0 Å². The summed E-state index contributed by atoms with van der Waals surface area (Å²) >= 11 is 0. The molecule has 1 atom stereocenters. The zero-order valence-electron chi connectivity index (χ0n) is 15.1. The SMILES string of the molecule is Cc1c[nH]c(CN2CCC[C@@H](CCc3ccccc3F)C2)c(C)c1=O. The monoisotopic (exact) mass is 342 g/mol. The fraction of sp³-hybridized carbons (Fsp3) is 0.476. The second kappa shape index (κ2) is 7.96. The number of aromatic nitrogens is 1. The van der Waals surface area contributed by atoms with Gasteiger partial charge in [0.05, 0.1) is 0 Å². The van der Waals surface area contributed by atoms with E-state index in [1.807, 2.05) is 32.2 Å². The first kappa shape index (κ1) is 17.9. The van der Waals surface area contributed by atoms with Crippen molar-refractivity contribution in [1.82, 2.24) is 9.88 Å². The standard InChI is InChI=1S/C21H27FN2O/c1-15-12-23-20(16(2)21(15)25)14-24-11-5-6-17(13-24)9-10-18-7-3-4-8-19(18)22/h3-4,7-8,12,17H,5-6,9-11,13-14H2,1-2H3,(H,23,25)/t17-/m0/s1. The zero-order chi connectivity index (χ0) is 17.8. The summed E-state index contributed by atoms with van der Waals surface area (Å²) in [5.74, 6) is 0.494. The van der Waals surface area contributed by atoms with Crippen molar-refractivity contribution in [1.29, 1.82) is 0 Å². The minimum absolute atomic E-state index is 0.0944. The number of nitrogens with one attached hydrogen (secondary N) is 1. The van der Waals surface area contributed by atoms with Gasteiger partial charge in [-0.25, -0.2) is 4.39 Å². The molecule has 0 spiro atoms. The summed E-state index contributed by atoms with van der Waals surface area (Å²) in [5.41, 5.74) is 3.57. The maximum Gasteiger partial charge on any atom is 0.187 e. The van der Waals surface area contributed by atoms with Crippen LogP contribution in [0.3, 0.4) is 0 Å². The normalized spacial score (nSPS) is 18.4. The smallest absolute Gasteiger partial charge is 0.187 e. The first-order valence-corrected chi connectivity index (χ1v) is 9.18. The van der Waals surface area contributed by atoms with Crippen LogP contribution in [0.5, 0.6) is 0 Å². The van der Waals surface area contributed by atoms with Gasteiger partial charge in [0.1, 0.15) is 5.82 Å². The van der Waals surface area contributed by atoms with Crippen LogP contribution in [0.25, 0.3) is 0 Å². The van der Waals surface area contributed by atoms with Gasteiger partial charge in [0.15, 0.2) is 5.43 Å². The Balaban J connectivity index is 1.59. The molecule has 1 fully saturated rings. The van der Waals surface area contributed by atoms with Gasteiger partial charge >= 0.3 is 0 Å². The van der Waals surface area contributed by atoms with Crippen molar-refractivity contribution in [2.45, 2.75) is 46.1 Å². The van der Waals surface area contributed by atoms with Gasteiger partial charge in [0.2, 0.25) is 0 Å². The molecular weight excluding hydrogens is 315 g/mol. The maximum atomic E-state index is 13.8. The molecule has 0 amide bonds. The Kier molecular flexibility index (Phi) is 5.69. The number of pyridine rings is 1. The lowest BCUT2D eigenvalue weighted by Gasteiger charge is -2.33. The highest BCUT2D eigenvalue weighted by molar-refractivity contribution is 5.23. The van der Waals surface area contributed by atoms with Gasteiger partial charge in [-0.05, 0) is 63.6 Å². The highest BCUT2D eigenvalue weighted by atomic mass is 19.1. The fourth-order valence-electron chi connectivity index (χ4n) is 3.78. The van der Waals surface area contributed by atoms with E-state index in [1.54, 1.807) is 12.1 Å². The third-order valence-electron chi connectivity index (χ3n) is 5.38. The molecule has 25 heavy (non-hydrogen) atoms. The zero-order valence-corrected chi connectivity index (χ0v) is 15.1. The number of halogens is 1. The van der Waals surface area contributed by atoms with Crippen molar-refractivity contribution in [3.05, 3.63) is 68.9 Å². The lowest BCUT2D eigenvalue weighted by molar-refractivity contribution is 0.160. The first-order valence-electron chi connectivity index (χ1n) is 9.18. The van der Waals surface area contributed by atoms with Crippen LogP contribution in [0.15, 0.2) is 35.3 Å². The molecular formula is C21H27FN2O. The molecule has 2 heterocycles. The van der Waals surface area contributed by atoms with Crippen molar-refractivity contribution in [2.24, 2.45) is 5.92 Å². The molecule has 0 aliphatic carbocycles. The molecule has 1 aromatic carbocycles. The van der Waals surface area contributed by atoms with E-state index in [0.29, 0.717) is 5.92 Å². The van der Waals surface area contributed by atoms with Crippen LogP contribution in [0.4, 0.5) is 4.39 Å². The van der Waals surface area contributed by atoms with Crippen LogP contribution >= 0.6 is 0 Å². The number of hydrogen-bond donors (Lipinski definition) is 1. The van der Waals surface area contributed by atoms with Crippen LogP contribution < -0.4 is 5.43 Å². The number of aryl methyl sites for hydroxylation is 2. The summed E-state index contributed by atoms with van der Waals surface area (Å²) < 4.78 is 13.8. The molecule has 4 heteroatoms. The molecule has 1 aliphatic heterocycles. The number of hydrogen-bond acceptors (Lipinski definition) is 2. The molecule has 1 N–H and O–H groups in total. The molecule has 3 nitrogen and oxygen atoms in total. The number of aromatic amines is 1. The van der Waals surface area contributed by atoms with Crippen LogP contribution in [0, 0.1) is 25.6 Å². The molecule has 0 bridgehead atoms. The van der Waals surface area contributed by atoms with Crippen molar-refractivity contribution in [3.63, 3.8) is 0 Å². The Morgan fingerprint density at radius 2 is 2.08 bits per heavy atom. The molecule has 1 aromatic heterocycles. The van der Waals surface area contributed by atoms with E-state index in [9.17, 15) is 9.18 Å². The van der Waals surface area contributed by atoms with E-state index in [2.05, 4.69) is 9.88 Å². The van der Waals surface area contributed by atoms with Crippen LogP contribution in [0.2, 0.25) is 0 Å². The van der Waals surface area contributed by atoms with E-state index in [-0.39, 0.29) is 11.2 Å². The summed E-state index contributed by atoms with van der Waals surface area (Å²) in [7, 11) is 0. The minimum atomic E-state index is -0.0944. The van der Waals surface area contributed by atoms with E-state index >= 15 is 0 Å². The summed E-state index contributed by atoms with van der Waals surface area (Å²) in [5, 5.41) is 0. The summed E-state index contributed by atoms with van der Waals surface area (Å²) in [6, 6.07) is 7.07. The molecule has 1 aliphatic rings. The number of piperidine rings is 1. The van der Waals surface area contributed by atoms with Gasteiger partial charge in [0, 0.05) is 36.1 Å². The Morgan fingerprint density at radius 1 is 1.28 bits per heavy atom. The average Bonchev–Trinajstić information content (AvgIpc) is 2.62. The Morgan fingerprint density at radius 3 is 2.88 bits per heavy atom. The van der Waals surface area contributed by atoms with Gasteiger partial charge in [-0.15, -0.1) is 0 Å². The molecule has 134 valence electrons. The van der Waals surface area contributed by atoms with Crippen molar-refractivity contribution in [3.8, 4) is 0 Å². The lowest BCUT2D eigenvalue weighted by atomic mass is 9.91. The Hall–Kier alpha value is -1.94. The van der Waals surface area contributed by atoms with Gasteiger partial charge in [0.25, 0.3) is 0 Å². The minimum Gasteiger partial charge on any atom is -0.363 e. The predicted octanol–water partition coefficient (Wildman–Crippen LogP) is 3.98. The Bertz CT molecular complexity index is 784. The molecule has 3 rings (SSSR count). The van der Waals surface area contributed by atoms with Gasteiger partial charge in [-0.2, -0.15) is 0 Å². The number of likely N-dealkylation sites (tertiary alicyclic amines) is 1. The topological polar surface area (TPSA) is 36.1 Å². The third-order valence-corrected chi connectivity index (χ3v) is 5.38. The number of rotatable bonds is 5. The molecule has 0 radical (unpaired) electrons. The molecule has 2 aromatic rings. The van der Waals surface area contributed by atoms with Crippen LogP contribution in [0.1, 0.15) is 41.6 Å². The largest absolute Gasteiger partial charge is 0.363 e. The van der Waals surface area contributed by atoms with E-state index in [1.165, 1.54) is 6.42 Å². The third kappa shape index (κ3) is 4.37. The van der Waals surface area contributed by atoms with Crippen molar-refractivity contribution < 1.29 is 4.39 Å². The highest BCUT2D eigenvalue weighted by Crippen LogP contribution is 2.23. The van der Waals surface area contributed by atoms with E-state index in [0.717, 1.165) is 61.3 Å². The highest BCUT2D eigenvalue weighted by Gasteiger charge is 2.21. The quantitative estimate of drug-likeness (QED) is 0.892. The summed E-state index contributed by atoms with van der Waals surface area (Å²) in [6.45, 7) is 6.61. The summed E-state index contributed by atoms with van der Waals surface area (Å²) in [6.07, 6.45) is 5.99. The number of H-pyrrole nitrogens is 1. The second-order valence-electron chi connectivity index (χ2n) is 7.28. The maximum absolute atomic E-state index is 13.8. The Labute approximate surface area is 148 Å². The molecule has 0 unspecified atom stereocenters. The van der Waals surface area contributed by atoms with Gasteiger partial charge in [-0.1, -0.05) is 18.2 Å². The summed E-state index contributed by atoms with van der Waals surface area (Å²) in [4.78, 5) is 17.8. The average molecular weight is 342 g/mol. The number of nitrogens with zero attached hydrogens (tertiary/aromatic N) is 1.